The van der Waals surface area contributed by atoms with Crippen LogP contribution in [-0.2, 0) is 11.3 Å². The topological polar surface area (TPSA) is 71.5 Å². The molecular formula is C27H31N3O3S. The predicted molar refractivity (Wildman–Crippen MR) is 135 cm³/mol. The molecule has 0 saturated carbocycles. The van der Waals surface area contributed by atoms with Crippen LogP contribution >= 0.6 is 11.3 Å². The van der Waals surface area contributed by atoms with E-state index in [1.165, 1.54) is 16.9 Å². The van der Waals surface area contributed by atoms with Crippen molar-refractivity contribution in [2.75, 3.05) is 20.2 Å². The lowest BCUT2D eigenvalue weighted by Crippen LogP contribution is -2.39. The smallest absolute Gasteiger partial charge is 0.265 e. The van der Waals surface area contributed by atoms with Crippen LogP contribution in [-0.4, -0.2) is 41.9 Å². The van der Waals surface area contributed by atoms with Gasteiger partial charge in [-0.15, -0.1) is 11.3 Å². The molecule has 1 N–H and O–H groups in total. The SMILES string of the molecule is COc1cccc(CNC(=O)CC2CCN(C(=O)c3sc(-c4ccc(C)cc4)nc3C)CC2)c1. The second-order valence-corrected chi connectivity index (χ2v) is 9.87. The van der Waals surface area contributed by atoms with E-state index in [1.807, 2.05) is 48.2 Å². The molecule has 0 aliphatic carbocycles. The average molecular weight is 478 g/mol. The number of nitrogens with zero attached hydrogens (tertiary/aromatic N) is 2. The summed E-state index contributed by atoms with van der Waals surface area (Å²) in [4.78, 5) is 32.9. The number of aromatic nitrogens is 1. The van der Waals surface area contributed by atoms with Crippen LogP contribution in [0.1, 0.15) is 45.8 Å². The van der Waals surface area contributed by atoms with Gasteiger partial charge in [0.2, 0.25) is 5.91 Å². The number of nitrogens with one attached hydrogen (secondary N) is 1. The van der Waals surface area contributed by atoms with E-state index in [9.17, 15) is 9.59 Å². The number of likely N-dealkylation sites (tertiary alicyclic amines) is 1. The number of carbonyl (C=O) groups is 2. The zero-order chi connectivity index (χ0) is 24.1. The number of methoxy groups -OCH3 is 1. The predicted octanol–water partition coefficient (Wildman–Crippen LogP) is 4.99. The number of amides is 2. The summed E-state index contributed by atoms with van der Waals surface area (Å²) in [5.41, 5.74) is 4.03. The Morgan fingerprint density at radius 1 is 1.12 bits per heavy atom. The highest BCUT2D eigenvalue weighted by atomic mass is 32.1. The fourth-order valence-electron chi connectivity index (χ4n) is 4.22. The number of hydrogen-bond acceptors (Lipinski definition) is 5. The van der Waals surface area contributed by atoms with Crippen molar-refractivity contribution in [2.24, 2.45) is 5.92 Å². The molecule has 0 radical (unpaired) electrons. The number of ether oxygens (including phenoxy) is 1. The van der Waals surface area contributed by atoms with Gasteiger partial charge in [-0.25, -0.2) is 4.98 Å². The van der Waals surface area contributed by atoms with E-state index in [2.05, 4.69) is 29.4 Å². The number of aryl methyl sites for hydroxylation is 2. The Balaban J connectivity index is 1.27. The van der Waals surface area contributed by atoms with Gasteiger partial charge in [0.25, 0.3) is 5.91 Å². The summed E-state index contributed by atoms with van der Waals surface area (Å²) in [6.07, 6.45) is 2.16. The van der Waals surface area contributed by atoms with Crippen molar-refractivity contribution in [3.8, 4) is 16.3 Å². The summed E-state index contributed by atoms with van der Waals surface area (Å²) in [6, 6.07) is 15.9. The molecule has 0 spiro atoms. The number of piperidine rings is 1. The second-order valence-electron chi connectivity index (χ2n) is 8.87. The van der Waals surface area contributed by atoms with Gasteiger partial charge < -0.3 is 15.0 Å². The maximum absolute atomic E-state index is 13.2. The van der Waals surface area contributed by atoms with Gasteiger partial charge in [0.15, 0.2) is 0 Å². The van der Waals surface area contributed by atoms with Crippen molar-refractivity contribution in [1.82, 2.24) is 15.2 Å². The van der Waals surface area contributed by atoms with Crippen LogP contribution in [0.2, 0.25) is 0 Å². The van der Waals surface area contributed by atoms with Crippen LogP contribution in [0.25, 0.3) is 10.6 Å². The first kappa shape index (κ1) is 24.0. The molecule has 2 heterocycles. The third kappa shape index (κ3) is 5.83. The van der Waals surface area contributed by atoms with Crippen molar-refractivity contribution in [3.63, 3.8) is 0 Å². The minimum atomic E-state index is 0.0497. The molecule has 4 rings (SSSR count). The van der Waals surface area contributed by atoms with E-state index in [0.717, 1.165) is 40.4 Å². The summed E-state index contributed by atoms with van der Waals surface area (Å²) >= 11 is 1.46. The van der Waals surface area contributed by atoms with Crippen molar-refractivity contribution < 1.29 is 14.3 Å². The number of carbonyl (C=O) groups excluding carboxylic acids is 2. The second kappa shape index (κ2) is 10.8. The van der Waals surface area contributed by atoms with Crippen molar-refractivity contribution >= 4 is 23.2 Å². The molecule has 1 aromatic heterocycles. The largest absolute Gasteiger partial charge is 0.497 e. The van der Waals surface area contributed by atoms with Crippen LogP contribution in [0, 0.1) is 19.8 Å². The van der Waals surface area contributed by atoms with Crippen molar-refractivity contribution in [2.45, 2.75) is 39.7 Å². The number of hydrogen-bond donors (Lipinski definition) is 1. The molecule has 1 fully saturated rings. The van der Waals surface area contributed by atoms with Gasteiger partial charge in [-0.3, -0.25) is 9.59 Å². The van der Waals surface area contributed by atoms with E-state index in [4.69, 9.17) is 4.74 Å². The molecule has 34 heavy (non-hydrogen) atoms. The number of benzene rings is 2. The maximum Gasteiger partial charge on any atom is 0.265 e. The highest BCUT2D eigenvalue weighted by Crippen LogP contribution is 2.30. The molecule has 3 aromatic rings. The molecule has 7 heteroatoms. The zero-order valence-electron chi connectivity index (χ0n) is 20.0. The molecule has 0 bridgehead atoms. The molecule has 6 nitrogen and oxygen atoms in total. The normalized spacial score (nSPS) is 14.1. The molecule has 178 valence electrons. The van der Waals surface area contributed by atoms with Gasteiger partial charge >= 0.3 is 0 Å². The Morgan fingerprint density at radius 2 is 1.85 bits per heavy atom. The summed E-state index contributed by atoms with van der Waals surface area (Å²) in [7, 11) is 1.63. The summed E-state index contributed by atoms with van der Waals surface area (Å²) in [5, 5.41) is 3.88. The van der Waals surface area contributed by atoms with Crippen LogP contribution in [0.5, 0.6) is 5.75 Å². The quantitative estimate of drug-likeness (QED) is 0.520. The maximum atomic E-state index is 13.2. The molecule has 1 aliphatic heterocycles. The van der Waals surface area contributed by atoms with Crippen molar-refractivity contribution in [1.29, 1.82) is 0 Å². The summed E-state index contributed by atoms with van der Waals surface area (Å²) in [6.45, 7) is 5.79. The average Bonchev–Trinajstić information content (AvgIpc) is 3.25. The standard InChI is InChI=1S/C27H31N3O3S/c1-18-7-9-22(10-8-18)26-29-19(2)25(34-26)27(32)30-13-11-20(12-14-30)16-24(31)28-17-21-5-4-6-23(15-21)33-3/h4-10,15,20H,11-14,16-17H2,1-3H3,(H,28,31). The minimum absolute atomic E-state index is 0.0497. The first-order valence-electron chi connectivity index (χ1n) is 11.7. The third-order valence-electron chi connectivity index (χ3n) is 6.29. The van der Waals surface area contributed by atoms with Gasteiger partial charge in [0.1, 0.15) is 15.6 Å². The van der Waals surface area contributed by atoms with Crippen LogP contribution in [0.3, 0.4) is 0 Å². The Hall–Kier alpha value is -3.19. The first-order valence-corrected chi connectivity index (χ1v) is 12.5. The number of rotatable bonds is 7. The highest BCUT2D eigenvalue weighted by molar-refractivity contribution is 7.17. The Bertz CT molecular complexity index is 1150. The Morgan fingerprint density at radius 3 is 2.56 bits per heavy atom. The molecule has 2 amide bonds. The van der Waals surface area contributed by atoms with Crippen LogP contribution in [0.15, 0.2) is 48.5 Å². The highest BCUT2D eigenvalue weighted by Gasteiger charge is 2.27. The summed E-state index contributed by atoms with van der Waals surface area (Å²) < 4.78 is 5.23. The van der Waals surface area contributed by atoms with Gasteiger partial charge in [-0.1, -0.05) is 42.0 Å². The van der Waals surface area contributed by atoms with E-state index < -0.39 is 0 Å². The molecule has 1 saturated heterocycles. The minimum Gasteiger partial charge on any atom is -0.497 e. The molecule has 1 aliphatic rings. The monoisotopic (exact) mass is 477 g/mol. The van der Waals surface area contributed by atoms with Gasteiger partial charge in [0.05, 0.1) is 12.8 Å². The lowest BCUT2D eigenvalue weighted by Gasteiger charge is -2.31. The van der Waals surface area contributed by atoms with Crippen molar-refractivity contribution in [3.05, 3.63) is 70.2 Å². The first-order chi connectivity index (χ1) is 16.4. The van der Waals surface area contributed by atoms with E-state index in [0.29, 0.717) is 36.9 Å². The fourth-order valence-corrected chi connectivity index (χ4v) is 5.26. The van der Waals surface area contributed by atoms with Crippen LogP contribution in [0.4, 0.5) is 0 Å². The lowest BCUT2D eigenvalue weighted by atomic mass is 9.93. The van der Waals surface area contributed by atoms with Gasteiger partial charge in [-0.2, -0.15) is 0 Å². The Kier molecular flexibility index (Phi) is 7.63. The lowest BCUT2D eigenvalue weighted by molar-refractivity contribution is -0.122. The zero-order valence-corrected chi connectivity index (χ0v) is 20.8. The van der Waals surface area contributed by atoms with Crippen LogP contribution < -0.4 is 10.1 Å². The molecule has 0 atom stereocenters. The Labute approximate surface area is 205 Å². The summed E-state index contributed by atoms with van der Waals surface area (Å²) in [5.74, 6) is 1.17. The van der Waals surface area contributed by atoms with E-state index in [1.54, 1.807) is 7.11 Å². The number of thiazole rings is 1. The van der Waals surface area contributed by atoms with Gasteiger partial charge in [-0.05, 0) is 50.3 Å². The molecule has 0 unspecified atom stereocenters. The van der Waals surface area contributed by atoms with E-state index >= 15 is 0 Å². The molecular weight excluding hydrogens is 446 g/mol. The fraction of sp³-hybridized carbons (Fsp3) is 0.370. The van der Waals surface area contributed by atoms with Gasteiger partial charge in [0, 0.05) is 31.6 Å². The third-order valence-corrected chi connectivity index (χ3v) is 7.48. The van der Waals surface area contributed by atoms with E-state index in [-0.39, 0.29) is 11.8 Å². The molecule has 2 aromatic carbocycles.